The molecule has 0 aromatic heterocycles. The summed E-state index contributed by atoms with van der Waals surface area (Å²) in [4.78, 5) is 39.1. The molecule has 0 saturated carbocycles. The molecular formula is C25H30FNO6. The van der Waals surface area contributed by atoms with E-state index in [2.05, 4.69) is 5.32 Å². The van der Waals surface area contributed by atoms with Gasteiger partial charge in [0, 0.05) is 22.9 Å². The van der Waals surface area contributed by atoms with Crippen LogP contribution >= 0.6 is 0 Å². The molecule has 178 valence electrons. The fourth-order valence-corrected chi connectivity index (χ4v) is 4.47. The van der Waals surface area contributed by atoms with Gasteiger partial charge in [0.25, 0.3) is 0 Å². The smallest absolute Gasteiger partial charge is 0.336 e. The first-order valence-corrected chi connectivity index (χ1v) is 11.0. The third kappa shape index (κ3) is 5.16. The van der Waals surface area contributed by atoms with Gasteiger partial charge in [0.05, 0.1) is 25.4 Å². The number of carbonyl (C=O) groups is 3. The normalized spacial score (nSPS) is 22.8. The van der Waals surface area contributed by atoms with E-state index in [1.807, 2.05) is 13.8 Å². The van der Waals surface area contributed by atoms with Gasteiger partial charge in [0.15, 0.2) is 5.78 Å². The van der Waals surface area contributed by atoms with Crippen LogP contribution in [-0.2, 0) is 28.6 Å². The highest BCUT2D eigenvalue weighted by Crippen LogP contribution is 2.45. The average Bonchev–Trinajstić information content (AvgIpc) is 2.75. The van der Waals surface area contributed by atoms with E-state index >= 15 is 0 Å². The van der Waals surface area contributed by atoms with Gasteiger partial charge in [-0.3, -0.25) is 9.59 Å². The second-order valence-electron chi connectivity index (χ2n) is 8.65. The number of carbonyl (C=O) groups excluding carboxylic acids is 3. The summed E-state index contributed by atoms with van der Waals surface area (Å²) in [6.07, 6.45) is 0.403. The molecule has 1 aromatic carbocycles. The molecule has 1 aliphatic heterocycles. The van der Waals surface area contributed by atoms with Gasteiger partial charge in [-0.1, -0.05) is 19.1 Å². The molecule has 33 heavy (non-hydrogen) atoms. The Morgan fingerprint density at radius 1 is 1.24 bits per heavy atom. The van der Waals surface area contributed by atoms with Crippen LogP contribution in [0.5, 0.6) is 0 Å². The number of rotatable bonds is 7. The van der Waals surface area contributed by atoms with Crippen molar-refractivity contribution in [3.05, 3.63) is 58.2 Å². The molecule has 0 fully saturated rings. The lowest BCUT2D eigenvalue weighted by Crippen LogP contribution is -2.43. The largest absolute Gasteiger partial charge is 0.468 e. The second kappa shape index (κ2) is 10.3. The van der Waals surface area contributed by atoms with Crippen molar-refractivity contribution in [3.63, 3.8) is 0 Å². The van der Waals surface area contributed by atoms with E-state index in [9.17, 15) is 18.8 Å². The molecule has 7 nitrogen and oxygen atoms in total. The van der Waals surface area contributed by atoms with Crippen molar-refractivity contribution in [2.75, 3.05) is 20.3 Å². The van der Waals surface area contributed by atoms with E-state index in [0.717, 1.165) is 0 Å². The second-order valence-corrected chi connectivity index (χ2v) is 8.65. The zero-order valence-electron chi connectivity index (χ0n) is 19.6. The summed E-state index contributed by atoms with van der Waals surface area (Å²) in [5.41, 5.74) is 2.05. The van der Waals surface area contributed by atoms with Gasteiger partial charge in [0.1, 0.15) is 18.3 Å². The minimum absolute atomic E-state index is 0.00846. The van der Waals surface area contributed by atoms with Crippen molar-refractivity contribution in [2.45, 2.75) is 46.1 Å². The molecule has 2 aliphatic rings. The maximum atomic E-state index is 14.2. The summed E-state index contributed by atoms with van der Waals surface area (Å²) in [6.45, 7) is 7.54. The van der Waals surface area contributed by atoms with Crippen molar-refractivity contribution in [2.24, 2.45) is 11.8 Å². The monoisotopic (exact) mass is 459 g/mol. The quantitative estimate of drug-likeness (QED) is 0.380. The van der Waals surface area contributed by atoms with Crippen molar-refractivity contribution >= 4 is 17.7 Å². The molecule has 1 N–H and O–H groups in total. The fourth-order valence-electron chi connectivity index (χ4n) is 4.47. The Morgan fingerprint density at radius 2 is 1.97 bits per heavy atom. The van der Waals surface area contributed by atoms with Crippen molar-refractivity contribution in [3.8, 4) is 0 Å². The van der Waals surface area contributed by atoms with Crippen LogP contribution in [0.4, 0.5) is 4.39 Å². The van der Waals surface area contributed by atoms with Crippen molar-refractivity contribution in [1.82, 2.24) is 5.32 Å². The molecule has 1 aromatic rings. The lowest BCUT2D eigenvalue weighted by atomic mass is 9.69. The van der Waals surface area contributed by atoms with Crippen molar-refractivity contribution in [1.29, 1.82) is 0 Å². The van der Waals surface area contributed by atoms with Crippen LogP contribution in [-0.4, -0.2) is 44.1 Å². The molecule has 3 atom stereocenters. The summed E-state index contributed by atoms with van der Waals surface area (Å²) < 4.78 is 29.9. The molecule has 0 spiro atoms. The number of benzene rings is 1. The van der Waals surface area contributed by atoms with Gasteiger partial charge >= 0.3 is 11.9 Å². The van der Waals surface area contributed by atoms with Crippen LogP contribution in [0.1, 0.15) is 45.6 Å². The van der Waals surface area contributed by atoms with Crippen LogP contribution in [0.25, 0.3) is 0 Å². The maximum absolute atomic E-state index is 14.2. The zero-order valence-corrected chi connectivity index (χ0v) is 19.6. The van der Waals surface area contributed by atoms with Crippen LogP contribution in [0.2, 0.25) is 0 Å². The summed E-state index contributed by atoms with van der Waals surface area (Å²) >= 11 is 0. The highest BCUT2D eigenvalue weighted by molar-refractivity contribution is 6.12. The van der Waals surface area contributed by atoms with Crippen LogP contribution in [0.15, 0.2) is 46.8 Å². The number of halogens is 1. The minimum Gasteiger partial charge on any atom is -0.468 e. The Bertz CT molecular complexity index is 1010. The number of allylic oxidation sites excluding steroid dienone is 3. The van der Waals surface area contributed by atoms with Gasteiger partial charge < -0.3 is 19.5 Å². The Kier molecular flexibility index (Phi) is 7.68. The molecule has 3 rings (SSSR count). The van der Waals surface area contributed by atoms with Crippen LogP contribution in [0.3, 0.4) is 0 Å². The topological polar surface area (TPSA) is 90.9 Å². The fraction of sp³-hybridized carbons (Fsp3) is 0.480. The number of methoxy groups -OCH3 is 1. The van der Waals surface area contributed by atoms with Crippen LogP contribution < -0.4 is 5.32 Å². The first-order valence-electron chi connectivity index (χ1n) is 11.0. The predicted molar refractivity (Wildman–Crippen MR) is 118 cm³/mol. The lowest BCUT2D eigenvalue weighted by molar-refractivity contribution is -0.151. The number of dihydropyridines is 1. The Morgan fingerprint density at radius 3 is 2.61 bits per heavy atom. The highest BCUT2D eigenvalue weighted by atomic mass is 19.1. The lowest BCUT2D eigenvalue weighted by Gasteiger charge is -2.38. The third-order valence-electron chi connectivity index (χ3n) is 5.91. The number of hydrogen-bond acceptors (Lipinski definition) is 7. The maximum Gasteiger partial charge on any atom is 0.336 e. The standard InChI is InChI=1S/C25H30FNO6/c1-13(2)32-9-10-33-25(30)20-15(4)27-18-11-14(3)19(24(29)31-5)23(28)22(18)21(20)16-7-6-8-17(26)12-16/h6-8,12-14,19,21,27H,9-11H2,1-5H3/t14-,19-,21-/m0/s1. The SMILES string of the molecule is COC(=O)[C@@H]1C(=O)C2=C(C[C@@H]1C)NC(C)=C(C(=O)OCCOC(C)C)[C@@H]2c1cccc(F)c1. The molecule has 0 unspecified atom stereocenters. The number of ether oxygens (including phenoxy) is 3. The number of hydrogen-bond donors (Lipinski definition) is 1. The summed E-state index contributed by atoms with van der Waals surface area (Å²) in [5, 5.41) is 3.17. The van der Waals surface area contributed by atoms with Gasteiger partial charge in [0.2, 0.25) is 0 Å². The van der Waals surface area contributed by atoms with E-state index in [4.69, 9.17) is 14.2 Å². The van der Waals surface area contributed by atoms with Gasteiger partial charge in [-0.05, 0) is 50.8 Å². The first-order chi connectivity index (χ1) is 15.6. The minimum atomic E-state index is -0.998. The Hall–Kier alpha value is -3.00. The molecule has 0 radical (unpaired) electrons. The molecule has 1 heterocycles. The number of nitrogens with one attached hydrogen (secondary N) is 1. The van der Waals surface area contributed by atoms with Gasteiger partial charge in [-0.25, -0.2) is 9.18 Å². The zero-order chi connectivity index (χ0) is 24.3. The molecular weight excluding hydrogens is 429 g/mol. The van der Waals surface area contributed by atoms with E-state index in [1.165, 1.54) is 25.3 Å². The summed E-state index contributed by atoms with van der Waals surface area (Å²) in [7, 11) is 1.24. The van der Waals surface area contributed by atoms with Gasteiger partial charge in [-0.15, -0.1) is 0 Å². The Labute approximate surface area is 193 Å². The predicted octanol–water partition coefficient (Wildman–Crippen LogP) is 3.41. The molecule has 1 aliphatic carbocycles. The van der Waals surface area contributed by atoms with E-state index in [1.54, 1.807) is 19.9 Å². The third-order valence-corrected chi connectivity index (χ3v) is 5.91. The highest BCUT2D eigenvalue weighted by Gasteiger charge is 2.47. The van der Waals surface area contributed by atoms with E-state index in [0.29, 0.717) is 23.4 Å². The van der Waals surface area contributed by atoms with E-state index in [-0.39, 0.29) is 36.4 Å². The van der Waals surface area contributed by atoms with Crippen LogP contribution in [0, 0.1) is 17.7 Å². The Balaban J connectivity index is 2.04. The van der Waals surface area contributed by atoms with Crippen molar-refractivity contribution < 1.29 is 33.0 Å². The number of ketones is 1. The van der Waals surface area contributed by atoms with Gasteiger partial charge in [-0.2, -0.15) is 0 Å². The average molecular weight is 460 g/mol. The molecule has 8 heteroatoms. The molecule has 0 saturated heterocycles. The number of Topliss-reactive ketones (excluding diaryl/α,β-unsaturated/α-hetero) is 1. The number of esters is 2. The molecule has 0 amide bonds. The summed E-state index contributed by atoms with van der Waals surface area (Å²) in [6, 6.07) is 5.77. The first kappa shape index (κ1) is 24.6. The van der Waals surface area contributed by atoms with E-state index < -0.39 is 35.4 Å². The summed E-state index contributed by atoms with van der Waals surface area (Å²) in [5.74, 6) is -4.35. The molecule has 0 bridgehead atoms.